The van der Waals surface area contributed by atoms with Crippen LogP contribution in [0.5, 0.6) is 0 Å². The number of rotatable bonds is 9. The van der Waals surface area contributed by atoms with Crippen LogP contribution in [-0.4, -0.2) is 37.8 Å². The van der Waals surface area contributed by atoms with Crippen molar-refractivity contribution in [3.05, 3.63) is 58.4 Å². The molecule has 0 fully saturated rings. The third-order valence-corrected chi connectivity index (χ3v) is 5.58. The average Bonchev–Trinajstić information content (AvgIpc) is 3.43. The Morgan fingerprint density at radius 2 is 1.90 bits per heavy atom. The lowest BCUT2D eigenvalue weighted by Gasteiger charge is -2.12. The zero-order valence-electron chi connectivity index (χ0n) is 17.2. The third-order valence-electron chi connectivity index (χ3n) is 4.89. The summed E-state index contributed by atoms with van der Waals surface area (Å²) in [6.07, 6.45) is 2.50. The minimum absolute atomic E-state index is 0.131. The van der Waals surface area contributed by atoms with Crippen molar-refractivity contribution in [1.82, 2.24) is 19.6 Å². The molecule has 0 radical (unpaired) electrons. The smallest absolute Gasteiger partial charge is 0.229 e. The fourth-order valence-electron chi connectivity index (χ4n) is 3.20. The molecule has 0 saturated carbocycles. The summed E-state index contributed by atoms with van der Waals surface area (Å²) in [5, 5.41) is 24.4. The summed E-state index contributed by atoms with van der Waals surface area (Å²) < 4.78 is 1.76. The zero-order valence-corrected chi connectivity index (χ0v) is 18.0. The van der Waals surface area contributed by atoms with E-state index in [1.54, 1.807) is 15.9 Å². The van der Waals surface area contributed by atoms with Crippen molar-refractivity contribution in [3.63, 3.8) is 0 Å². The molecule has 8 heteroatoms. The van der Waals surface area contributed by atoms with E-state index in [-0.39, 0.29) is 6.61 Å². The van der Waals surface area contributed by atoms with E-state index in [2.05, 4.69) is 80.6 Å². The fourth-order valence-corrected chi connectivity index (χ4v) is 3.86. The largest absolute Gasteiger partial charge is 0.396 e. The van der Waals surface area contributed by atoms with Crippen molar-refractivity contribution in [2.75, 3.05) is 23.8 Å². The lowest BCUT2D eigenvalue weighted by atomic mass is 10.1. The van der Waals surface area contributed by atoms with Crippen molar-refractivity contribution >= 4 is 28.9 Å². The van der Waals surface area contributed by atoms with Gasteiger partial charge in [-0.25, -0.2) is 0 Å². The number of benzene rings is 1. The number of thiophene rings is 1. The second kappa shape index (κ2) is 9.23. The van der Waals surface area contributed by atoms with Gasteiger partial charge in [-0.3, -0.25) is 0 Å². The molecule has 0 atom stereocenters. The van der Waals surface area contributed by atoms with Crippen molar-refractivity contribution in [3.8, 4) is 11.1 Å². The summed E-state index contributed by atoms with van der Waals surface area (Å²) in [6, 6.07) is 10.7. The zero-order chi connectivity index (χ0) is 20.9. The van der Waals surface area contributed by atoms with Gasteiger partial charge in [-0.2, -0.15) is 30.9 Å². The lowest BCUT2D eigenvalue weighted by Crippen LogP contribution is -2.13. The van der Waals surface area contributed by atoms with Gasteiger partial charge in [0, 0.05) is 25.3 Å². The highest BCUT2D eigenvalue weighted by Crippen LogP contribution is 2.24. The molecule has 3 aromatic heterocycles. The molecule has 3 N–H and O–H groups in total. The first-order chi connectivity index (χ1) is 14.7. The molecule has 1 aromatic carbocycles. The summed E-state index contributed by atoms with van der Waals surface area (Å²) in [5.74, 6) is 1.48. The molecule has 0 aliphatic heterocycles. The van der Waals surface area contributed by atoms with Gasteiger partial charge in [0.05, 0.1) is 6.20 Å². The van der Waals surface area contributed by atoms with E-state index < -0.39 is 0 Å². The van der Waals surface area contributed by atoms with E-state index in [1.807, 2.05) is 6.20 Å². The second-order valence-corrected chi connectivity index (χ2v) is 8.21. The van der Waals surface area contributed by atoms with E-state index in [4.69, 9.17) is 5.11 Å². The predicted molar refractivity (Wildman–Crippen MR) is 122 cm³/mol. The molecule has 0 spiro atoms. The van der Waals surface area contributed by atoms with Crippen LogP contribution in [0, 0.1) is 0 Å². The molecule has 7 nitrogen and oxygen atoms in total. The van der Waals surface area contributed by atoms with Crippen LogP contribution in [0.25, 0.3) is 16.8 Å². The van der Waals surface area contributed by atoms with E-state index in [0.717, 1.165) is 16.8 Å². The van der Waals surface area contributed by atoms with Gasteiger partial charge in [-0.1, -0.05) is 38.1 Å². The molecular formula is C22H26N6OS. The van der Waals surface area contributed by atoms with Crippen LogP contribution < -0.4 is 10.6 Å². The van der Waals surface area contributed by atoms with Crippen molar-refractivity contribution < 1.29 is 5.11 Å². The van der Waals surface area contributed by atoms with Gasteiger partial charge in [-0.15, -0.1) is 0 Å². The van der Waals surface area contributed by atoms with Gasteiger partial charge >= 0.3 is 0 Å². The van der Waals surface area contributed by atoms with Crippen molar-refractivity contribution in [1.29, 1.82) is 0 Å². The third kappa shape index (κ3) is 4.44. The Morgan fingerprint density at radius 3 is 2.60 bits per heavy atom. The van der Waals surface area contributed by atoms with Crippen LogP contribution in [-0.2, 0) is 6.54 Å². The Balaban J connectivity index is 1.56. The Morgan fingerprint density at radius 1 is 1.07 bits per heavy atom. The molecule has 3 heterocycles. The molecule has 0 saturated heterocycles. The maximum Gasteiger partial charge on any atom is 0.229 e. The molecule has 0 bridgehead atoms. The second-order valence-electron chi connectivity index (χ2n) is 7.43. The summed E-state index contributed by atoms with van der Waals surface area (Å²) in [6.45, 7) is 5.62. The van der Waals surface area contributed by atoms with Crippen LogP contribution in [0.4, 0.5) is 11.9 Å². The minimum Gasteiger partial charge on any atom is -0.396 e. The van der Waals surface area contributed by atoms with Crippen molar-refractivity contribution in [2.45, 2.75) is 32.7 Å². The first-order valence-electron chi connectivity index (χ1n) is 10.1. The Labute approximate surface area is 179 Å². The van der Waals surface area contributed by atoms with Crippen LogP contribution >= 0.6 is 11.3 Å². The molecule has 0 unspecified atom stereocenters. The van der Waals surface area contributed by atoms with Gasteiger partial charge in [0.25, 0.3) is 0 Å². The van der Waals surface area contributed by atoms with Crippen molar-refractivity contribution in [2.24, 2.45) is 0 Å². The number of hydrogen-bond donors (Lipinski definition) is 3. The van der Waals surface area contributed by atoms with Gasteiger partial charge in [0.2, 0.25) is 11.9 Å². The van der Waals surface area contributed by atoms with E-state index in [9.17, 15) is 0 Å². The molecule has 156 valence electrons. The molecular weight excluding hydrogens is 396 g/mol. The monoisotopic (exact) mass is 422 g/mol. The van der Waals surface area contributed by atoms with E-state index in [0.29, 0.717) is 37.3 Å². The highest BCUT2D eigenvalue weighted by molar-refractivity contribution is 7.08. The van der Waals surface area contributed by atoms with Crippen LogP contribution in [0.3, 0.4) is 0 Å². The quantitative estimate of drug-likeness (QED) is 0.347. The first-order valence-corrected chi connectivity index (χ1v) is 11.1. The Kier molecular flexibility index (Phi) is 6.25. The first kappa shape index (κ1) is 20.3. The number of aliphatic hydroxyl groups excluding tert-OH is 1. The maximum absolute atomic E-state index is 9.04. The molecule has 0 amide bonds. The molecule has 4 aromatic rings. The van der Waals surface area contributed by atoms with Crippen LogP contribution in [0.1, 0.15) is 37.3 Å². The fraction of sp³-hybridized carbons (Fsp3) is 0.318. The van der Waals surface area contributed by atoms with Gasteiger partial charge in [0.1, 0.15) is 0 Å². The number of aliphatic hydroxyl groups is 1. The molecule has 0 aliphatic rings. The molecule has 4 rings (SSSR count). The molecule has 30 heavy (non-hydrogen) atoms. The summed E-state index contributed by atoms with van der Waals surface area (Å²) >= 11 is 1.70. The summed E-state index contributed by atoms with van der Waals surface area (Å²) in [7, 11) is 0. The predicted octanol–water partition coefficient (Wildman–Crippen LogP) is 4.38. The number of hydrogen-bond acceptors (Lipinski definition) is 7. The topological polar surface area (TPSA) is 87.4 Å². The molecule has 0 aliphatic carbocycles. The summed E-state index contributed by atoms with van der Waals surface area (Å²) in [5.41, 5.74) is 5.49. The van der Waals surface area contributed by atoms with Crippen LogP contribution in [0.2, 0.25) is 0 Å². The lowest BCUT2D eigenvalue weighted by molar-refractivity contribution is 0.292. The number of anilines is 2. The number of nitrogens with zero attached hydrogens (tertiary/aromatic N) is 4. The Hall–Kier alpha value is -2.97. The van der Waals surface area contributed by atoms with E-state index in [1.165, 1.54) is 11.1 Å². The highest BCUT2D eigenvalue weighted by Gasteiger charge is 2.15. The Bertz CT molecular complexity index is 1090. The minimum atomic E-state index is 0.131. The van der Waals surface area contributed by atoms with Crippen LogP contribution in [0.15, 0.2) is 47.3 Å². The number of nitrogens with one attached hydrogen (secondary N) is 2. The standard InChI is InChI=1S/C22H26N6OS/c1-15(2)19-13-25-28-20(19)26-21(23-9-3-10-29)27-22(28)24-12-16-4-6-17(7-5-16)18-8-11-30-14-18/h4-8,11,13-15,29H,3,9-10,12H2,1-2H3,(H2,23,24,26,27). The SMILES string of the molecule is CC(C)c1cnn2c(NCc3ccc(-c4ccsc4)cc3)nc(NCCCO)nc12. The van der Waals surface area contributed by atoms with E-state index >= 15 is 0 Å². The summed E-state index contributed by atoms with van der Waals surface area (Å²) in [4.78, 5) is 9.25. The highest BCUT2D eigenvalue weighted by atomic mass is 32.1. The average molecular weight is 423 g/mol. The maximum atomic E-state index is 9.04. The van der Waals surface area contributed by atoms with Gasteiger partial charge in [-0.05, 0) is 45.9 Å². The van der Waals surface area contributed by atoms with Gasteiger partial charge < -0.3 is 15.7 Å². The number of fused-ring (bicyclic) bond motifs is 1. The normalized spacial score (nSPS) is 11.3. The number of aromatic nitrogens is 4. The van der Waals surface area contributed by atoms with Gasteiger partial charge in [0.15, 0.2) is 5.65 Å².